The molecule has 7 heteroatoms. The molecule has 3 aliphatic carbocycles. The van der Waals surface area contributed by atoms with Crippen molar-refractivity contribution in [3.63, 3.8) is 0 Å². The number of carbonyl (C=O) groups excluding carboxylic acids is 2. The molecule has 0 aromatic heterocycles. The molecule has 0 amide bonds. The van der Waals surface area contributed by atoms with E-state index in [0.717, 1.165) is 66.0 Å². The molecule has 5 unspecified atom stereocenters. The van der Waals surface area contributed by atoms with Gasteiger partial charge in [0.25, 0.3) is 0 Å². The lowest BCUT2D eigenvalue weighted by molar-refractivity contribution is -0.120. The first-order valence-corrected chi connectivity index (χ1v) is 13.8. The number of carbonyl (C=O) groups is 2. The summed E-state index contributed by atoms with van der Waals surface area (Å²) in [7, 11) is 3.56. The van der Waals surface area contributed by atoms with Gasteiger partial charge in [-0.15, -0.1) is 0 Å². The average molecular weight is 541 g/mol. The van der Waals surface area contributed by atoms with E-state index in [0.29, 0.717) is 12.0 Å². The Balaban J connectivity index is 0.000000218. The molecule has 3 aliphatic rings. The molecule has 1 aromatic carbocycles. The number of rotatable bonds is 6. The summed E-state index contributed by atoms with van der Waals surface area (Å²) in [5.74, 6) is 2.28. The fraction of sp³-hybridized carbons (Fsp3) is 0.692. The largest absolute Gasteiger partial charge is 0.333 e. The van der Waals surface area contributed by atoms with Crippen LogP contribution in [-0.2, 0) is 9.59 Å². The highest BCUT2D eigenvalue weighted by Crippen LogP contribution is 2.49. The van der Waals surface area contributed by atoms with E-state index in [-0.39, 0.29) is 11.0 Å². The second-order valence-electron chi connectivity index (χ2n) is 10.2. The molecule has 3 fully saturated rings. The van der Waals surface area contributed by atoms with E-state index >= 15 is 0 Å². The van der Waals surface area contributed by atoms with Crippen LogP contribution < -0.4 is 15.8 Å². The standard InChI is InChI=1S/C13H23NO.C12H14BrNOS.CH5N/c1-9-4-10-5-11(12(9)14-3)7-13(2,6-10)8-15;13-10-5-1-2-6-11(10)16-14-12(9-15)7-3-4-8-12;1-2/h8-12,14H,4-7H2,1-3H3;1-2,5-6,9,14H,3-4,7-8H2;2H2,1H3. The van der Waals surface area contributed by atoms with Crippen molar-refractivity contribution in [2.75, 3.05) is 14.1 Å². The van der Waals surface area contributed by atoms with E-state index in [1.807, 2.05) is 24.3 Å². The highest BCUT2D eigenvalue weighted by Gasteiger charge is 2.45. The third kappa shape index (κ3) is 7.63. The first-order chi connectivity index (χ1) is 15.8. The highest BCUT2D eigenvalue weighted by molar-refractivity contribution is 9.10. The van der Waals surface area contributed by atoms with Gasteiger partial charge in [-0.05, 0) is 110 Å². The Hall–Kier alpha value is -0.730. The molecular formula is C26H42BrN3O2S. The second kappa shape index (κ2) is 13.4. The second-order valence-corrected chi connectivity index (χ2v) is 11.9. The van der Waals surface area contributed by atoms with Crippen LogP contribution in [0.2, 0.25) is 0 Å². The van der Waals surface area contributed by atoms with Crippen LogP contribution in [0, 0.1) is 23.2 Å². The summed E-state index contributed by atoms with van der Waals surface area (Å²) in [6.45, 7) is 4.49. The minimum atomic E-state index is -0.306. The van der Waals surface area contributed by atoms with Crippen molar-refractivity contribution in [3.8, 4) is 0 Å². The average Bonchev–Trinajstić information content (AvgIpc) is 3.29. The van der Waals surface area contributed by atoms with Gasteiger partial charge < -0.3 is 20.6 Å². The highest BCUT2D eigenvalue weighted by atomic mass is 79.9. The van der Waals surface area contributed by atoms with Crippen molar-refractivity contribution in [1.82, 2.24) is 10.0 Å². The Kier molecular flexibility index (Phi) is 11.6. The number of benzene rings is 1. The number of fused-ring (bicyclic) bond motifs is 2. The van der Waals surface area contributed by atoms with Gasteiger partial charge in [0.1, 0.15) is 12.6 Å². The molecule has 1 aromatic rings. The number of nitrogens with two attached hydrogens (primary N) is 1. The van der Waals surface area contributed by atoms with Gasteiger partial charge in [0.05, 0.1) is 5.54 Å². The molecule has 33 heavy (non-hydrogen) atoms. The first-order valence-electron chi connectivity index (χ1n) is 12.2. The maximum atomic E-state index is 11.2. The molecule has 0 aliphatic heterocycles. The van der Waals surface area contributed by atoms with Crippen molar-refractivity contribution in [2.24, 2.45) is 28.9 Å². The van der Waals surface area contributed by atoms with Crippen molar-refractivity contribution in [2.45, 2.75) is 81.7 Å². The molecule has 3 saturated carbocycles. The van der Waals surface area contributed by atoms with Gasteiger partial charge in [-0.2, -0.15) is 0 Å². The molecule has 5 nitrogen and oxygen atoms in total. The smallest absolute Gasteiger partial charge is 0.140 e. The Bertz CT molecular complexity index is 757. The predicted molar refractivity (Wildman–Crippen MR) is 142 cm³/mol. The number of aldehydes is 2. The summed E-state index contributed by atoms with van der Waals surface area (Å²) >= 11 is 5.04. The number of hydrogen-bond donors (Lipinski definition) is 3. The van der Waals surface area contributed by atoms with E-state index in [4.69, 9.17) is 0 Å². The minimum Gasteiger partial charge on any atom is -0.333 e. The Morgan fingerprint density at radius 1 is 1.09 bits per heavy atom. The predicted octanol–water partition coefficient (Wildman–Crippen LogP) is 5.37. The van der Waals surface area contributed by atoms with Crippen LogP contribution in [0.4, 0.5) is 0 Å². The molecule has 2 bridgehead atoms. The maximum Gasteiger partial charge on any atom is 0.140 e. The quantitative estimate of drug-likeness (QED) is 0.333. The third-order valence-corrected chi connectivity index (χ3v) is 9.52. The van der Waals surface area contributed by atoms with Crippen LogP contribution in [0.25, 0.3) is 0 Å². The molecule has 4 N–H and O–H groups in total. The monoisotopic (exact) mass is 539 g/mol. The van der Waals surface area contributed by atoms with Gasteiger partial charge in [-0.25, -0.2) is 4.72 Å². The lowest BCUT2D eigenvalue weighted by atomic mass is 9.58. The number of nitrogens with one attached hydrogen (secondary N) is 2. The molecule has 5 atom stereocenters. The fourth-order valence-electron chi connectivity index (χ4n) is 6.08. The zero-order valence-corrected chi connectivity index (χ0v) is 23.0. The summed E-state index contributed by atoms with van der Waals surface area (Å²) in [6.07, 6.45) is 11.3. The molecule has 0 radical (unpaired) electrons. The molecule has 4 rings (SSSR count). The van der Waals surface area contributed by atoms with Crippen molar-refractivity contribution < 1.29 is 9.59 Å². The third-order valence-electron chi connectivity index (χ3n) is 7.49. The summed E-state index contributed by atoms with van der Waals surface area (Å²) in [5, 5.41) is 3.46. The lowest BCUT2D eigenvalue weighted by Crippen LogP contribution is -2.50. The summed E-state index contributed by atoms with van der Waals surface area (Å²) in [5.41, 5.74) is 4.16. The van der Waals surface area contributed by atoms with Crippen LogP contribution in [0.5, 0.6) is 0 Å². The molecular weight excluding hydrogens is 498 g/mol. The first kappa shape index (κ1) is 28.5. The van der Waals surface area contributed by atoms with Crippen LogP contribution in [0.3, 0.4) is 0 Å². The lowest BCUT2D eigenvalue weighted by Gasteiger charge is -2.49. The Morgan fingerprint density at radius 3 is 2.33 bits per heavy atom. The van der Waals surface area contributed by atoms with E-state index in [9.17, 15) is 9.59 Å². The van der Waals surface area contributed by atoms with Gasteiger partial charge in [0.2, 0.25) is 0 Å². The fourth-order valence-corrected chi connectivity index (χ4v) is 7.48. The van der Waals surface area contributed by atoms with Crippen LogP contribution in [0.1, 0.15) is 65.2 Å². The number of halogens is 1. The SMILES string of the molecule is CN.CNC1C(C)CC2CC1CC(C)(C=O)C2.O=CC1(NSc2ccccc2Br)CCCC1. The summed E-state index contributed by atoms with van der Waals surface area (Å²) in [6, 6.07) is 8.65. The normalized spacial score (nSPS) is 31.9. The van der Waals surface area contributed by atoms with Crippen molar-refractivity contribution in [3.05, 3.63) is 28.7 Å². The van der Waals surface area contributed by atoms with E-state index in [1.54, 1.807) is 0 Å². The minimum absolute atomic E-state index is 0.0389. The zero-order chi connectivity index (χ0) is 24.5. The zero-order valence-electron chi connectivity index (χ0n) is 20.6. The molecule has 0 saturated heterocycles. The van der Waals surface area contributed by atoms with Gasteiger partial charge in [0, 0.05) is 20.8 Å². The van der Waals surface area contributed by atoms with E-state index in [1.165, 1.54) is 38.1 Å². The van der Waals surface area contributed by atoms with Crippen LogP contribution >= 0.6 is 27.9 Å². The van der Waals surface area contributed by atoms with E-state index in [2.05, 4.69) is 52.6 Å². The molecule has 186 valence electrons. The van der Waals surface area contributed by atoms with Crippen molar-refractivity contribution in [1.29, 1.82) is 0 Å². The molecule has 0 heterocycles. The van der Waals surface area contributed by atoms with Crippen LogP contribution in [0.15, 0.2) is 33.6 Å². The van der Waals surface area contributed by atoms with Crippen molar-refractivity contribution >= 4 is 40.5 Å². The maximum absolute atomic E-state index is 11.2. The van der Waals surface area contributed by atoms with E-state index < -0.39 is 0 Å². The van der Waals surface area contributed by atoms with Crippen LogP contribution in [-0.4, -0.2) is 38.2 Å². The number of hydrogen-bond acceptors (Lipinski definition) is 6. The Labute approximate surface area is 213 Å². The molecule has 0 spiro atoms. The van der Waals surface area contributed by atoms with Gasteiger partial charge in [-0.1, -0.05) is 38.8 Å². The van der Waals surface area contributed by atoms with Gasteiger partial charge in [0.15, 0.2) is 0 Å². The Morgan fingerprint density at radius 2 is 1.76 bits per heavy atom. The summed E-state index contributed by atoms with van der Waals surface area (Å²) in [4.78, 5) is 23.4. The van der Waals surface area contributed by atoms with Gasteiger partial charge in [-0.3, -0.25) is 0 Å². The summed E-state index contributed by atoms with van der Waals surface area (Å²) < 4.78 is 4.38. The van der Waals surface area contributed by atoms with Gasteiger partial charge >= 0.3 is 0 Å². The topological polar surface area (TPSA) is 84.2 Å².